The monoisotopic (exact) mass is 282 g/mol. The first kappa shape index (κ1) is 12.6. The SMILES string of the molecule is COC(=O)c1ccc2c(c1)[C@@H]1O[C@H]2c2cc(CO)ccc21. The second-order valence-electron chi connectivity index (χ2n) is 5.35. The number of fused-ring (bicyclic) bond motifs is 8. The largest absolute Gasteiger partial charge is 0.465 e. The van der Waals surface area contributed by atoms with Gasteiger partial charge in [0.15, 0.2) is 0 Å². The van der Waals surface area contributed by atoms with Crippen molar-refractivity contribution >= 4 is 5.97 Å². The normalized spacial score (nSPS) is 21.0. The van der Waals surface area contributed by atoms with E-state index in [1.54, 1.807) is 6.07 Å². The van der Waals surface area contributed by atoms with Gasteiger partial charge in [0.1, 0.15) is 12.2 Å². The molecule has 2 heterocycles. The summed E-state index contributed by atoms with van der Waals surface area (Å²) in [6, 6.07) is 11.5. The van der Waals surface area contributed by atoms with Crippen LogP contribution in [0.25, 0.3) is 0 Å². The summed E-state index contributed by atoms with van der Waals surface area (Å²) in [5.74, 6) is -0.337. The lowest BCUT2D eigenvalue weighted by Gasteiger charge is -2.17. The minimum Gasteiger partial charge on any atom is -0.465 e. The number of hydrogen-bond donors (Lipinski definition) is 1. The van der Waals surface area contributed by atoms with E-state index in [2.05, 4.69) is 0 Å². The van der Waals surface area contributed by atoms with E-state index in [1.807, 2.05) is 30.3 Å². The molecule has 2 aromatic rings. The predicted molar refractivity (Wildman–Crippen MR) is 74.9 cm³/mol. The zero-order chi connectivity index (χ0) is 14.6. The van der Waals surface area contributed by atoms with Gasteiger partial charge >= 0.3 is 5.97 Å². The van der Waals surface area contributed by atoms with Gasteiger partial charge in [-0.05, 0) is 39.9 Å². The number of methoxy groups -OCH3 is 1. The molecule has 4 heteroatoms. The zero-order valence-electron chi connectivity index (χ0n) is 11.5. The molecule has 0 amide bonds. The van der Waals surface area contributed by atoms with Gasteiger partial charge in [-0.1, -0.05) is 24.3 Å². The van der Waals surface area contributed by atoms with Gasteiger partial charge in [0.25, 0.3) is 0 Å². The minimum absolute atomic E-state index is 0.0266. The Hall–Kier alpha value is -2.17. The molecule has 2 aliphatic rings. The number of ether oxygens (including phenoxy) is 2. The maximum absolute atomic E-state index is 11.7. The molecule has 0 saturated carbocycles. The number of carbonyl (C=O) groups excluding carboxylic acids is 1. The molecule has 2 atom stereocenters. The summed E-state index contributed by atoms with van der Waals surface area (Å²) < 4.78 is 10.8. The molecule has 0 unspecified atom stereocenters. The Balaban J connectivity index is 1.81. The van der Waals surface area contributed by atoms with E-state index < -0.39 is 0 Å². The maximum Gasteiger partial charge on any atom is 0.337 e. The van der Waals surface area contributed by atoms with Crippen molar-refractivity contribution in [2.24, 2.45) is 0 Å². The molecule has 21 heavy (non-hydrogen) atoms. The van der Waals surface area contributed by atoms with Crippen molar-refractivity contribution < 1.29 is 19.4 Å². The molecule has 1 N–H and O–H groups in total. The zero-order valence-corrected chi connectivity index (χ0v) is 11.5. The molecule has 0 saturated heterocycles. The molecule has 0 fully saturated rings. The van der Waals surface area contributed by atoms with Crippen LogP contribution < -0.4 is 0 Å². The molecule has 2 aliphatic heterocycles. The van der Waals surface area contributed by atoms with Crippen LogP contribution in [-0.2, 0) is 16.1 Å². The number of rotatable bonds is 2. The fourth-order valence-corrected chi connectivity index (χ4v) is 3.24. The van der Waals surface area contributed by atoms with E-state index in [0.717, 1.165) is 27.8 Å². The molecule has 0 aliphatic carbocycles. The van der Waals surface area contributed by atoms with Crippen LogP contribution in [0.2, 0.25) is 0 Å². The van der Waals surface area contributed by atoms with Gasteiger partial charge in [-0.3, -0.25) is 0 Å². The van der Waals surface area contributed by atoms with Crippen LogP contribution >= 0.6 is 0 Å². The third kappa shape index (κ3) is 1.66. The fraction of sp³-hybridized carbons (Fsp3) is 0.235. The Bertz CT molecular complexity index is 750. The first-order valence-electron chi connectivity index (χ1n) is 6.84. The molecule has 4 rings (SSSR count). The molecule has 0 spiro atoms. The van der Waals surface area contributed by atoms with Gasteiger partial charge in [-0.15, -0.1) is 0 Å². The van der Waals surface area contributed by atoms with Crippen LogP contribution in [0.15, 0.2) is 36.4 Å². The van der Waals surface area contributed by atoms with Crippen molar-refractivity contribution in [1.82, 2.24) is 0 Å². The van der Waals surface area contributed by atoms with Crippen LogP contribution in [0.5, 0.6) is 0 Å². The van der Waals surface area contributed by atoms with E-state index in [-0.39, 0.29) is 24.8 Å². The highest BCUT2D eigenvalue weighted by atomic mass is 16.5. The second kappa shape index (κ2) is 4.41. The topological polar surface area (TPSA) is 55.8 Å². The van der Waals surface area contributed by atoms with Gasteiger partial charge < -0.3 is 14.6 Å². The lowest BCUT2D eigenvalue weighted by atomic mass is 9.84. The minimum atomic E-state index is -0.337. The third-order valence-electron chi connectivity index (χ3n) is 4.24. The van der Waals surface area contributed by atoms with E-state index in [9.17, 15) is 9.90 Å². The highest BCUT2D eigenvalue weighted by Crippen LogP contribution is 2.54. The molecule has 0 aromatic heterocycles. The maximum atomic E-state index is 11.7. The Morgan fingerprint density at radius 3 is 2.43 bits per heavy atom. The van der Waals surface area contributed by atoms with Crippen molar-refractivity contribution in [3.8, 4) is 0 Å². The summed E-state index contributed by atoms with van der Waals surface area (Å²) in [7, 11) is 1.38. The Morgan fingerprint density at radius 2 is 1.76 bits per heavy atom. The van der Waals surface area contributed by atoms with E-state index in [1.165, 1.54) is 7.11 Å². The van der Waals surface area contributed by atoms with Gasteiger partial charge in [0.05, 0.1) is 19.3 Å². The van der Waals surface area contributed by atoms with Crippen LogP contribution in [-0.4, -0.2) is 18.2 Å². The number of aliphatic hydroxyl groups is 1. The predicted octanol–water partition coefficient (Wildman–Crippen LogP) is 2.49. The van der Waals surface area contributed by atoms with Gasteiger partial charge in [0.2, 0.25) is 0 Å². The summed E-state index contributed by atoms with van der Waals surface area (Å²) in [6.45, 7) is 0.0266. The Kier molecular flexibility index (Phi) is 2.64. The van der Waals surface area contributed by atoms with Crippen LogP contribution in [0, 0.1) is 0 Å². The van der Waals surface area contributed by atoms with Crippen LogP contribution in [0.4, 0.5) is 0 Å². The third-order valence-corrected chi connectivity index (χ3v) is 4.24. The highest BCUT2D eigenvalue weighted by molar-refractivity contribution is 5.90. The standard InChI is InChI=1S/C17H14O4/c1-20-17(19)10-3-5-12-14(7-10)16-11-4-2-9(8-18)6-13(11)15(12)21-16/h2-7,15-16,18H,8H2,1H3/t15-,16-/m1/s1. The quantitative estimate of drug-likeness (QED) is 0.860. The van der Waals surface area contributed by atoms with E-state index in [4.69, 9.17) is 9.47 Å². The summed E-state index contributed by atoms with van der Waals surface area (Å²) in [4.78, 5) is 11.7. The van der Waals surface area contributed by atoms with E-state index >= 15 is 0 Å². The average molecular weight is 282 g/mol. The number of carbonyl (C=O) groups is 1. The van der Waals surface area contributed by atoms with Gasteiger partial charge in [-0.2, -0.15) is 0 Å². The van der Waals surface area contributed by atoms with Crippen molar-refractivity contribution in [3.05, 3.63) is 69.8 Å². The first-order chi connectivity index (χ1) is 10.2. The number of esters is 1. The van der Waals surface area contributed by atoms with Crippen molar-refractivity contribution in [2.45, 2.75) is 18.8 Å². The van der Waals surface area contributed by atoms with E-state index in [0.29, 0.717) is 5.56 Å². The van der Waals surface area contributed by atoms with Crippen molar-refractivity contribution in [1.29, 1.82) is 0 Å². The second-order valence-corrected chi connectivity index (χ2v) is 5.35. The smallest absolute Gasteiger partial charge is 0.337 e. The average Bonchev–Trinajstić information content (AvgIpc) is 3.10. The van der Waals surface area contributed by atoms with Crippen LogP contribution in [0.3, 0.4) is 0 Å². The molecule has 2 aromatic carbocycles. The number of hydrogen-bond acceptors (Lipinski definition) is 4. The lowest BCUT2D eigenvalue weighted by molar-refractivity contribution is 0.0600. The Morgan fingerprint density at radius 1 is 1.10 bits per heavy atom. The fourth-order valence-electron chi connectivity index (χ4n) is 3.24. The molecule has 0 radical (unpaired) electrons. The summed E-state index contributed by atoms with van der Waals surface area (Å²) >= 11 is 0. The first-order valence-corrected chi connectivity index (χ1v) is 6.84. The molecule has 4 nitrogen and oxygen atoms in total. The molecule has 2 bridgehead atoms. The van der Waals surface area contributed by atoms with Crippen molar-refractivity contribution in [2.75, 3.05) is 7.11 Å². The summed E-state index contributed by atoms with van der Waals surface area (Å²) in [5, 5.41) is 9.27. The molecular formula is C17H14O4. The van der Waals surface area contributed by atoms with Crippen molar-refractivity contribution in [3.63, 3.8) is 0 Å². The number of aliphatic hydroxyl groups excluding tert-OH is 1. The van der Waals surface area contributed by atoms with Gasteiger partial charge in [0, 0.05) is 0 Å². The number of benzene rings is 2. The Labute approximate surface area is 121 Å². The molecular weight excluding hydrogens is 268 g/mol. The summed E-state index contributed by atoms with van der Waals surface area (Å²) in [6.07, 6.45) is -0.226. The lowest BCUT2D eigenvalue weighted by Crippen LogP contribution is -2.07. The summed E-state index contributed by atoms with van der Waals surface area (Å²) in [5.41, 5.74) is 5.79. The molecule has 106 valence electrons. The highest BCUT2D eigenvalue weighted by Gasteiger charge is 2.42. The van der Waals surface area contributed by atoms with Crippen LogP contribution in [0.1, 0.15) is 50.4 Å². The van der Waals surface area contributed by atoms with Gasteiger partial charge in [-0.25, -0.2) is 4.79 Å².